The summed E-state index contributed by atoms with van der Waals surface area (Å²) in [5.74, 6) is -15.0. The number of aromatic amines is 1. The Labute approximate surface area is 548 Å². The minimum absolute atomic E-state index is 0.0732. The van der Waals surface area contributed by atoms with E-state index in [0.29, 0.717) is 22.0 Å². The number of benzene rings is 2. The zero-order valence-electron chi connectivity index (χ0n) is 54.4. The number of fused-ring (bicyclic) bond motifs is 1. The molecule has 24 N–H and O–H groups in total. The summed E-state index contributed by atoms with van der Waals surface area (Å²) >= 11 is 0. The molecule has 3 rings (SSSR count). The van der Waals surface area contributed by atoms with Gasteiger partial charge in [0.25, 0.3) is 0 Å². The molecule has 0 bridgehead atoms. The second kappa shape index (κ2) is 38.7. The zero-order valence-corrected chi connectivity index (χ0v) is 54.4. The number of H-pyrrole nitrogens is 1. The van der Waals surface area contributed by atoms with Crippen molar-refractivity contribution in [2.24, 2.45) is 45.5 Å². The third-order valence-electron chi connectivity index (χ3n) is 14.7. The quantitative estimate of drug-likeness (QED) is 0.0144. The SMILES string of the molecule is CC(C)C[C@H](NC(=O)[C@H](C)NC(=O)[C@H](CC(N)=O)NC(=O)[C@H](Cc1ccccc1)NC(=O)[C@H](CCC(N)=O)NC(=O)[C@H](Cc1c[nH]c2ccccc12)NC(=O)[C@H](C)NC(=O)[C@H](C)NC(=O)CN)C(=O)N[C@H](C(=O)N[C@H](C(=O)N[C@@H](CCCN=C(N)N)C(=O)O)C(C)C)[C@@H](C)O. The van der Waals surface area contributed by atoms with Crippen LogP contribution in [0.1, 0.15) is 105 Å². The van der Waals surface area contributed by atoms with Crippen molar-refractivity contribution >= 4 is 99.6 Å². The molecule has 3 aromatic rings. The van der Waals surface area contributed by atoms with E-state index in [4.69, 9.17) is 28.7 Å². The van der Waals surface area contributed by atoms with Gasteiger partial charge in [0.2, 0.25) is 76.8 Å². The number of nitrogens with zero attached hydrogens (tertiary/aromatic N) is 1. The second-order valence-electron chi connectivity index (χ2n) is 23.6. The summed E-state index contributed by atoms with van der Waals surface area (Å²) < 4.78 is 0. The molecule has 2 aromatic carbocycles. The first-order chi connectivity index (χ1) is 44.6. The monoisotopic (exact) mass is 1330 g/mol. The number of nitrogens with two attached hydrogens (primary N) is 5. The molecule has 0 unspecified atom stereocenters. The first kappa shape index (κ1) is 79.0. The van der Waals surface area contributed by atoms with Crippen LogP contribution in [-0.4, -0.2) is 190 Å². The molecule has 0 radical (unpaired) electrons. The van der Waals surface area contributed by atoms with Crippen LogP contribution in [-0.2, 0) is 80.0 Å². The molecule has 0 aliphatic heterocycles. The van der Waals surface area contributed by atoms with Gasteiger partial charge in [-0.15, -0.1) is 0 Å². The minimum Gasteiger partial charge on any atom is -0.480 e. The summed E-state index contributed by atoms with van der Waals surface area (Å²) in [4.78, 5) is 195. The van der Waals surface area contributed by atoms with Crippen molar-refractivity contribution in [2.45, 2.75) is 179 Å². The number of amides is 13. The number of carboxylic acid groups (broad SMARTS) is 1. The summed E-state index contributed by atoms with van der Waals surface area (Å²) in [5, 5.41) is 48.2. The summed E-state index contributed by atoms with van der Waals surface area (Å²) in [7, 11) is 0. The Balaban J connectivity index is 1.89. The fourth-order valence-electron chi connectivity index (χ4n) is 9.48. The largest absolute Gasteiger partial charge is 0.480 e. The molecular formula is C61H92N18O16. The van der Waals surface area contributed by atoms with E-state index in [-0.39, 0.29) is 50.5 Å². The van der Waals surface area contributed by atoms with Crippen molar-refractivity contribution in [3.05, 3.63) is 71.9 Å². The van der Waals surface area contributed by atoms with Gasteiger partial charge in [-0.05, 0) is 82.4 Å². The topological polar surface area (TPSA) is 570 Å². The number of rotatable bonds is 40. The highest BCUT2D eigenvalue weighted by Gasteiger charge is 2.38. The van der Waals surface area contributed by atoms with E-state index in [2.05, 4.69) is 68.5 Å². The Kier molecular flexibility index (Phi) is 32.2. The summed E-state index contributed by atoms with van der Waals surface area (Å²) in [6.07, 6.45) is -2.30. The van der Waals surface area contributed by atoms with E-state index in [1.807, 2.05) is 0 Å². The van der Waals surface area contributed by atoms with E-state index in [9.17, 15) is 77.3 Å². The molecule has 0 spiro atoms. The molecule has 0 aliphatic carbocycles. The van der Waals surface area contributed by atoms with Crippen LogP contribution in [0.3, 0.4) is 0 Å². The van der Waals surface area contributed by atoms with Crippen LogP contribution in [0.25, 0.3) is 10.9 Å². The van der Waals surface area contributed by atoms with Gasteiger partial charge in [0.1, 0.15) is 66.5 Å². The Morgan fingerprint density at radius 2 is 0.968 bits per heavy atom. The van der Waals surface area contributed by atoms with Crippen LogP contribution in [0, 0.1) is 11.8 Å². The second-order valence-corrected chi connectivity index (χ2v) is 23.6. The standard InChI is InChI=1S/C61H92N18O16/c1-29(2)23-41(57(91)79-49(34(8)80)59(93)78-48(30(3)4)58(92)73-40(60(94)95)19-14-22-67-61(65)66)74-52(86)33(7)71-54(88)44(26-46(64)82)77-55(89)42(24-35-15-10-9-11-16-35)76-53(87)39(20-21-45(63)81)72-56(90)43(25-36-28-68-38-18-13-12-17-37(36)38)75-51(85)32(6)70-50(84)31(5)69-47(83)27-62/h9-13,15-18,28-34,39-44,48-49,68,80H,14,19-27,62H2,1-8H3,(H2,63,81)(H2,64,82)(H,69,83)(H,70,84)(H,71,88)(H,72,90)(H,73,92)(H,74,86)(H,75,85)(H,76,87)(H,77,89)(H,78,93)(H,79,91)(H,94,95)(H4,65,66,67)/t31-,32-,33-,34+,39-,40-,41-,42-,43-,44-,48-,49-/m0/s1. The van der Waals surface area contributed by atoms with Gasteiger partial charge in [0.05, 0.1) is 19.1 Å². The molecule has 0 fully saturated rings. The number of aliphatic hydroxyl groups excluding tert-OH is 1. The zero-order chi connectivity index (χ0) is 71.4. The lowest BCUT2D eigenvalue weighted by molar-refractivity contribution is -0.143. The van der Waals surface area contributed by atoms with Gasteiger partial charge in [-0.25, -0.2) is 4.79 Å². The van der Waals surface area contributed by atoms with Crippen LogP contribution in [0.15, 0.2) is 65.8 Å². The number of aliphatic hydroxyl groups is 1. The Bertz CT molecular complexity index is 3230. The molecule has 1 aromatic heterocycles. The van der Waals surface area contributed by atoms with Gasteiger partial charge in [-0.2, -0.15) is 0 Å². The van der Waals surface area contributed by atoms with Crippen molar-refractivity contribution in [1.29, 1.82) is 0 Å². The number of carbonyl (C=O) groups is 14. The molecule has 34 nitrogen and oxygen atoms in total. The fourth-order valence-corrected chi connectivity index (χ4v) is 9.48. The van der Waals surface area contributed by atoms with E-state index in [0.717, 1.165) is 0 Å². The number of nitrogens with one attached hydrogen (secondary N) is 12. The average molecular weight is 1330 g/mol. The third kappa shape index (κ3) is 27.1. The number of para-hydroxylation sites is 1. The van der Waals surface area contributed by atoms with Crippen molar-refractivity contribution in [3.8, 4) is 0 Å². The number of aromatic nitrogens is 1. The maximum absolute atomic E-state index is 14.5. The summed E-state index contributed by atoms with van der Waals surface area (Å²) in [6.45, 7) is 11.2. The van der Waals surface area contributed by atoms with Gasteiger partial charge in [-0.3, -0.25) is 67.3 Å². The number of aliphatic imine (C=N–C) groups is 1. The molecule has 522 valence electrons. The number of carboxylic acids is 1. The highest BCUT2D eigenvalue weighted by atomic mass is 16.4. The number of guanidine groups is 1. The Hall–Kier alpha value is -10.2. The highest BCUT2D eigenvalue weighted by Crippen LogP contribution is 2.20. The van der Waals surface area contributed by atoms with E-state index in [1.54, 1.807) is 88.5 Å². The van der Waals surface area contributed by atoms with E-state index < -0.39 is 187 Å². The lowest BCUT2D eigenvalue weighted by atomic mass is 10.00. The van der Waals surface area contributed by atoms with Crippen molar-refractivity contribution in [1.82, 2.24) is 63.5 Å². The summed E-state index contributed by atoms with van der Waals surface area (Å²) in [5.41, 5.74) is 28.7. The van der Waals surface area contributed by atoms with Crippen molar-refractivity contribution in [3.63, 3.8) is 0 Å². The molecule has 0 saturated carbocycles. The normalized spacial score (nSPS) is 14.9. The lowest BCUT2D eigenvalue weighted by Crippen LogP contribution is -2.62. The van der Waals surface area contributed by atoms with Gasteiger partial charge in [-0.1, -0.05) is 76.2 Å². The highest BCUT2D eigenvalue weighted by molar-refractivity contribution is 6.00. The molecule has 95 heavy (non-hydrogen) atoms. The van der Waals surface area contributed by atoms with Crippen LogP contribution in [0.5, 0.6) is 0 Å². The first-order valence-corrected chi connectivity index (χ1v) is 30.8. The van der Waals surface area contributed by atoms with Gasteiger partial charge in [0.15, 0.2) is 5.96 Å². The number of primary amides is 2. The smallest absolute Gasteiger partial charge is 0.326 e. The van der Waals surface area contributed by atoms with Gasteiger partial charge < -0.3 is 102 Å². The molecule has 34 heteroatoms. The molecule has 12 atom stereocenters. The lowest BCUT2D eigenvalue weighted by Gasteiger charge is -2.29. The first-order valence-electron chi connectivity index (χ1n) is 30.8. The molecule has 0 saturated heterocycles. The van der Waals surface area contributed by atoms with Crippen molar-refractivity contribution in [2.75, 3.05) is 13.1 Å². The average Bonchev–Trinajstić information content (AvgIpc) is 1.76. The van der Waals surface area contributed by atoms with Gasteiger partial charge >= 0.3 is 5.97 Å². The summed E-state index contributed by atoms with van der Waals surface area (Å²) in [6, 6.07) is -1.40. The number of aliphatic carboxylic acids is 1. The maximum atomic E-state index is 14.5. The predicted molar refractivity (Wildman–Crippen MR) is 345 cm³/mol. The molecular weight excluding hydrogens is 1240 g/mol. The van der Waals surface area contributed by atoms with Crippen LogP contribution in [0.4, 0.5) is 0 Å². The van der Waals surface area contributed by atoms with Crippen LogP contribution < -0.4 is 87.2 Å². The van der Waals surface area contributed by atoms with Crippen LogP contribution >= 0.6 is 0 Å². The van der Waals surface area contributed by atoms with Gasteiger partial charge in [0, 0.05) is 42.9 Å². The maximum Gasteiger partial charge on any atom is 0.326 e. The molecule has 0 aliphatic rings. The van der Waals surface area contributed by atoms with Crippen molar-refractivity contribution < 1.29 is 77.3 Å². The fraction of sp³-hybridized carbons (Fsp3) is 0.525. The predicted octanol–water partition coefficient (Wildman–Crippen LogP) is -5.33. The minimum atomic E-state index is -1.84. The Morgan fingerprint density at radius 3 is 1.53 bits per heavy atom. The molecule has 1 heterocycles. The molecule has 13 amide bonds. The van der Waals surface area contributed by atoms with E-state index >= 15 is 0 Å². The number of carbonyl (C=O) groups excluding carboxylic acids is 13. The van der Waals surface area contributed by atoms with Crippen LogP contribution in [0.2, 0.25) is 0 Å². The third-order valence-corrected chi connectivity index (χ3v) is 14.7. The Morgan fingerprint density at radius 1 is 0.495 bits per heavy atom. The number of hydrogen-bond donors (Lipinski definition) is 19. The number of hydrogen-bond acceptors (Lipinski definition) is 17. The van der Waals surface area contributed by atoms with E-state index in [1.165, 1.54) is 27.7 Å².